The topological polar surface area (TPSA) is 48.9 Å². The van der Waals surface area contributed by atoms with E-state index in [-0.39, 0.29) is 11.9 Å². The van der Waals surface area contributed by atoms with Gasteiger partial charge in [-0.25, -0.2) is 0 Å². The third-order valence-electron chi connectivity index (χ3n) is 7.56. The highest BCUT2D eigenvalue weighted by atomic mass is 16.5. The number of hydrogen-bond donors (Lipinski definition) is 0. The monoisotopic (exact) mass is 472 g/mol. The van der Waals surface area contributed by atoms with Crippen LogP contribution in [0.4, 0.5) is 5.69 Å². The number of pyridine rings is 1. The molecular weight excluding hydrogens is 436 g/mol. The molecule has 1 aromatic heterocycles. The number of anilines is 1. The van der Waals surface area contributed by atoms with Gasteiger partial charge in [0, 0.05) is 56.0 Å². The van der Waals surface area contributed by atoms with Crippen molar-refractivity contribution in [3.63, 3.8) is 0 Å². The summed E-state index contributed by atoms with van der Waals surface area (Å²) in [5.41, 5.74) is 4.91. The first-order valence-corrected chi connectivity index (χ1v) is 12.9. The number of benzene rings is 2. The van der Waals surface area contributed by atoms with Gasteiger partial charge < -0.3 is 14.5 Å². The molecule has 1 amide bonds. The molecule has 2 aliphatic rings. The van der Waals surface area contributed by atoms with E-state index in [2.05, 4.69) is 63.0 Å². The van der Waals surface area contributed by atoms with E-state index >= 15 is 0 Å². The zero-order valence-electron chi connectivity index (χ0n) is 20.9. The number of piperazine rings is 1. The van der Waals surface area contributed by atoms with Gasteiger partial charge in [-0.2, -0.15) is 0 Å². The fraction of sp³-hybridized carbons (Fsp3) is 0.448. The van der Waals surface area contributed by atoms with E-state index in [1.807, 2.05) is 18.3 Å². The van der Waals surface area contributed by atoms with E-state index in [1.54, 1.807) is 7.11 Å². The molecule has 2 heterocycles. The molecule has 0 bridgehead atoms. The van der Waals surface area contributed by atoms with E-state index in [1.165, 1.54) is 22.2 Å². The van der Waals surface area contributed by atoms with Crippen LogP contribution < -0.4 is 9.64 Å². The maximum Gasteiger partial charge on any atom is 0.237 e. The van der Waals surface area contributed by atoms with Crippen LogP contribution in [0.5, 0.6) is 5.75 Å². The lowest BCUT2D eigenvalue weighted by Crippen LogP contribution is -2.52. The number of carbonyl (C=O) groups is 1. The highest BCUT2D eigenvalue weighted by molar-refractivity contribution is 5.91. The Morgan fingerprint density at radius 1 is 1.09 bits per heavy atom. The van der Waals surface area contributed by atoms with Crippen LogP contribution in [0.15, 0.2) is 54.7 Å². The molecule has 0 N–H and O–H groups in total. The lowest BCUT2D eigenvalue weighted by Gasteiger charge is -2.39. The summed E-state index contributed by atoms with van der Waals surface area (Å²) in [7, 11) is 1.74. The number of methoxy groups -OCH3 is 1. The Kier molecular flexibility index (Phi) is 7.19. The first-order chi connectivity index (χ1) is 17.2. The lowest BCUT2D eigenvalue weighted by molar-refractivity contribution is -0.135. The van der Waals surface area contributed by atoms with E-state index in [0.29, 0.717) is 6.54 Å². The molecule has 1 atom stereocenters. The number of ether oxygens (including phenoxy) is 1. The molecule has 0 saturated carbocycles. The summed E-state index contributed by atoms with van der Waals surface area (Å²) in [4.78, 5) is 24.9. The van der Waals surface area contributed by atoms with Crippen molar-refractivity contribution in [2.24, 2.45) is 0 Å². The minimum absolute atomic E-state index is 0.269. The van der Waals surface area contributed by atoms with Crippen LogP contribution in [0.2, 0.25) is 0 Å². The molecule has 1 aliphatic heterocycles. The van der Waals surface area contributed by atoms with E-state index in [4.69, 9.17) is 4.74 Å². The van der Waals surface area contributed by atoms with Crippen LogP contribution in [-0.2, 0) is 17.6 Å². The molecule has 6 heteroatoms. The summed E-state index contributed by atoms with van der Waals surface area (Å²) < 4.78 is 5.57. The molecule has 1 fully saturated rings. The van der Waals surface area contributed by atoms with Gasteiger partial charge in [-0.15, -0.1) is 0 Å². The Labute approximate surface area is 208 Å². The van der Waals surface area contributed by atoms with Crippen molar-refractivity contribution in [1.29, 1.82) is 0 Å². The van der Waals surface area contributed by atoms with Crippen LogP contribution in [0.1, 0.15) is 30.9 Å². The van der Waals surface area contributed by atoms with Crippen molar-refractivity contribution in [2.75, 3.05) is 51.3 Å². The van der Waals surface area contributed by atoms with Crippen molar-refractivity contribution >= 4 is 22.5 Å². The maximum absolute atomic E-state index is 13.5. The molecule has 1 aliphatic carbocycles. The third-order valence-corrected chi connectivity index (χ3v) is 7.56. The van der Waals surface area contributed by atoms with Crippen molar-refractivity contribution in [1.82, 2.24) is 14.8 Å². The van der Waals surface area contributed by atoms with Gasteiger partial charge in [0.2, 0.25) is 5.91 Å². The molecule has 0 spiro atoms. The number of aromatic nitrogens is 1. The molecule has 0 unspecified atom stereocenters. The zero-order valence-corrected chi connectivity index (χ0v) is 20.9. The number of rotatable bonds is 7. The van der Waals surface area contributed by atoms with Gasteiger partial charge >= 0.3 is 0 Å². The Bertz CT molecular complexity index is 1170. The van der Waals surface area contributed by atoms with Gasteiger partial charge in [0.15, 0.2) is 0 Å². The number of nitrogens with zero attached hydrogens (tertiary/aromatic N) is 4. The Morgan fingerprint density at radius 2 is 1.91 bits per heavy atom. The molecule has 5 rings (SSSR count). The summed E-state index contributed by atoms with van der Waals surface area (Å²) in [6, 6.07) is 17.0. The molecule has 184 valence electrons. The van der Waals surface area contributed by atoms with E-state index < -0.39 is 0 Å². The van der Waals surface area contributed by atoms with Gasteiger partial charge in [-0.05, 0) is 55.0 Å². The van der Waals surface area contributed by atoms with E-state index in [0.717, 1.165) is 69.7 Å². The predicted octanol–water partition coefficient (Wildman–Crippen LogP) is 4.16. The molecular formula is C29H36N4O2. The second-order valence-electron chi connectivity index (χ2n) is 9.69. The molecule has 35 heavy (non-hydrogen) atoms. The summed E-state index contributed by atoms with van der Waals surface area (Å²) in [5, 5.41) is 1.20. The Hall–Kier alpha value is -3.12. The van der Waals surface area contributed by atoms with Crippen LogP contribution in [0, 0.1) is 0 Å². The average Bonchev–Trinajstić information content (AvgIpc) is 2.91. The van der Waals surface area contributed by atoms with Crippen LogP contribution in [0.3, 0.4) is 0 Å². The first kappa shape index (κ1) is 23.6. The standard InChI is InChI=1S/C29H36N4O2/c1-3-15-33(23-11-12-24-22(20-23)7-6-10-28(24)35-2)29(34)21-31-16-18-32(19-17-31)27-13-14-30-26-9-5-4-8-25(26)27/h4-10,13-14,23H,3,11-12,15-21H2,1-2H3/t23-/m0/s1. The van der Waals surface area contributed by atoms with Crippen LogP contribution in [-0.4, -0.2) is 73.1 Å². The Morgan fingerprint density at radius 3 is 2.71 bits per heavy atom. The lowest BCUT2D eigenvalue weighted by atomic mass is 9.86. The second kappa shape index (κ2) is 10.6. The van der Waals surface area contributed by atoms with Gasteiger partial charge in [-0.1, -0.05) is 37.3 Å². The van der Waals surface area contributed by atoms with Crippen molar-refractivity contribution in [2.45, 2.75) is 38.6 Å². The highest BCUT2D eigenvalue weighted by Gasteiger charge is 2.30. The summed E-state index contributed by atoms with van der Waals surface area (Å²) in [5.74, 6) is 1.25. The number of para-hydroxylation sites is 1. The summed E-state index contributed by atoms with van der Waals surface area (Å²) in [6.45, 7) is 7.13. The second-order valence-corrected chi connectivity index (χ2v) is 9.69. The average molecular weight is 473 g/mol. The quantitative estimate of drug-likeness (QED) is 0.517. The summed E-state index contributed by atoms with van der Waals surface area (Å²) >= 11 is 0. The van der Waals surface area contributed by atoms with Crippen molar-refractivity contribution in [3.8, 4) is 5.75 Å². The van der Waals surface area contributed by atoms with Gasteiger partial charge in [0.05, 0.1) is 19.2 Å². The Balaban J connectivity index is 1.22. The predicted molar refractivity (Wildman–Crippen MR) is 141 cm³/mol. The normalized spacial score (nSPS) is 18.3. The first-order valence-electron chi connectivity index (χ1n) is 12.9. The molecule has 6 nitrogen and oxygen atoms in total. The number of amides is 1. The number of hydrogen-bond acceptors (Lipinski definition) is 5. The zero-order chi connectivity index (χ0) is 24.2. The molecule has 2 aromatic carbocycles. The van der Waals surface area contributed by atoms with E-state index in [9.17, 15) is 4.79 Å². The third kappa shape index (κ3) is 4.98. The van der Waals surface area contributed by atoms with Gasteiger partial charge in [-0.3, -0.25) is 14.7 Å². The van der Waals surface area contributed by atoms with Crippen LogP contribution >= 0.6 is 0 Å². The largest absolute Gasteiger partial charge is 0.496 e. The smallest absolute Gasteiger partial charge is 0.237 e. The summed E-state index contributed by atoms with van der Waals surface area (Å²) in [6.07, 6.45) is 5.77. The SMILES string of the molecule is CCCN(C(=O)CN1CCN(c2ccnc3ccccc23)CC1)[C@H]1CCc2c(cccc2OC)C1. The molecule has 3 aromatic rings. The van der Waals surface area contributed by atoms with Gasteiger partial charge in [0.1, 0.15) is 5.75 Å². The fourth-order valence-electron chi connectivity index (χ4n) is 5.75. The van der Waals surface area contributed by atoms with Crippen molar-refractivity contribution in [3.05, 3.63) is 65.9 Å². The maximum atomic E-state index is 13.5. The number of fused-ring (bicyclic) bond motifs is 2. The minimum atomic E-state index is 0.269. The van der Waals surface area contributed by atoms with Crippen LogP contribution in [0.25, 0.3) is 10.9 Å². The fourth-order valence-corrected chi connectivity index (χ4v) is 5.75. The van der Waals surface area contributed by atoms with Gasteiger partial charge in [0.25, 0.3) is 0 Å². The molecule has 1 saturated heterocycles. The molecule has 0 radical (unpaired) electrons. The highest BCUT2D eigenvalue weighted by Crippen LogP contribution is 2.32. The minimum Gasteiger partial charge on any atom is -0.496 e. The number of carbonyl (C=O) groups excluding carboxylic acids is 1. The van der Waals surface area contributed by atoms with Crippen molar-refractivity contribution < 1.29 is 9.53 Å².